The Morgan fingerprint density at radius 3 is 3.08 bits per heavy atom. The van der Waals surface area contributed by atoms with E-state index >= 15 is 0 Å². The highest BCUT2D eigenvalue weighted by Gasteiger charge is 2.22. The first-order valence-electron chi connectivity index (χ1n) is 4.35. The van der Waals surface area contributed by atoms with Gasteiger partial charge in [0.1, 0.15) is 0 Å². The number of hydrogen-bond acceptors (Lipinski definition) is 3. The summed E-state index contributed by atoms with van der Waals surface area (Å²) >= 11 is 0. The molecule has 0 aromatic rings. The van der Waals surface area contributed by atoms with Crippen LogP contribution in [0.3, 0.4) is 0 Å². The van der Waals surface area contributed by atoms with Crippen LogP contribution in [0.4, 0.5) is 4.79 Å². The third-order valence-corrected chi connectivity index (χ3v) is 1.75. The van der Waals surface area contributed by atoms with E-state index in [4.69, 9.17) is 9.57 Å². The molecule has 0 N–H and O–H groups in total. The molecule has 0 aliphatic carbocycles. The molecule has 1 amide bonds. The van der Waals surface area contributed by atoms with E-state index in [1.807, 2.05) is 6.92 Å². The molecule has 0 aromatic carbocycles. The van der Waals surface area contributed by atoms with E-state index < -0.39 is 0 Å². The maximum Gasteiger partial charge on any atom is 0.433 e. The van der Waals surface area contributed by atoms with Crippen molar-refractivity contribution in [2.24, 2.45) is 0 Å². The summed E-state index contributed by atoms with van der Waals surface area (Å²) in [6, 6.07) is 0. The Balaban J connectivity index is 2.35. The Hall–Kier alpha value is -0.770. The van der Waals surface area contributed by atoms with Crippen molar-refractivity contribution >= 4 is 6.09 Å². The van der Waals surface area contributed by atoms with Crippen molar-refractivity contribution in [1.82, 2.24) is 5.06 Å². The van der Waals surface area contributed by atoms with E-state index in [1.165, 1.54) is 5.06 Å². The van der Waals surface area contributed by atoms with E-state index in [9.17, 15) is 4.79 Å². The Bertz CT molecular complexity index is 160. The number of hydrogen-bond donors (Lipinski definition) is 0. The quantitative estimate of drug-likeness (QED) is 0.604. The molecule has 70 valence electrons. The lowest BCUT2D eigenvalue weighted by atomic mass is 10.2. The molecule has 0 spiro atoms. The van der Waals surface area contributed by atoms with Crippen molar-refractivity contribution in [3.8, 4) is 0 Å². The fraction of sp³-hybridized carbons (Fsp3) is 0.875. The number of rotatable bonds is 1. The Labute approximate surface area is 72.4 Å². The maximum atomic E-state index is 11.1. The average molecular weight is 173 g/mol. The topological polar surface area (TPSA) is 38.8 Å². The summed E-state index contributed by atoms with van der Waals surface area (Å²) in [5.41, 5.74) is 0. The van der Waals surface area contributed by atoms with Gasteiger partial charge in [-0.15, -0.1) is 0 Å². The average Bonchev–Trinajstić information content (AvgIpc) is 2.05. The van der Waals surface area contributed by atoms with Gasteiger partial charge in [-0.3, -0.25) is 4.84 Å². The molecule has 0 saturated carbocycles. The van der Waals surface area contributed by atoms with Crippen LogP contribution in [0, 0.1) is 0 Å². The molecule has 1 rings (SSSR count). The van der Waals surface area contributed by atoms with Gasteiger partial charge < -0.3 is 4.74 Å². The van der Waals surface area contributed by atoms with Gasteiger partial charge in [0.2, 0.25) is 0 Å². The normalized spacial score (nSPS) is 23.8. The van der Waals surface area contributed by atoms with Gasteiger partial charge in [0.25, 0.3) is 0 Å². The molecule has 0 aromatic heterocycles. The van der Waals surface area contributed by atoms with Crippen LogP contribution >= 0.6 is 0 Å². The molecule has 0 bridgehead atoms. The van der Waals surface area contributed by atoms with Crippen molar-refractivity contribution in [3.63, 3.8) is 0 Å². The predicted molar refractivity (Wildman–Crippen MR) is 43.5 cm³/mol. The molecule has 1 unspecified atom stereocenters. The van der Waals surface area contributed by atoms with Gasteiger partial charge in [-0.1, -0.05) is 0 Å². The number of nitrogens with zero attached hydrogens (tertiary/aromatic N) is 1. The second kappa shape index (κ2) is 4.30. The Kier molecular flexibility index (Phi) is 3.34. The summed E-state index contributed by atoms with van der Waals surface area (Å²) in [6.07, 6.45) is 1.75. The van der Waals surface area contributed by atoms with Crippen LogP contribution in [0.2, 0.25) is 0 Å². The van der Waals surface area contributed by atoms with Crippen molar-refractivity contribution in [3.05, 3.63) is 0 Å². The van der Waals surface area contributed by atoms with Gasteiger partial charge in [0, 0.05) is 0 Å². The summed E-state index contributed by atoms with van der Waals surface area (Å²) in [5, 5.41) is 1.30. The third-order valence-electron chi connectivity index (χ3n) is 1.75. The molecule has 1 aliphatic heterocycles. The minimum Gasteiger partial charge on any atom is -0.448 e. The molecule has 0 radical (unpaired) electrons. The molecule has 1 atom stereocenters. The highest BCUT2D eigenvalue weighted by molar-refractivity contribution is 5.66. The summed E-state index contributed by atoms with van der Waals surface area (Å²) in [5.74, 6) is 0. The van der Waals surface area contributed by atoms with Gasteiger partial charge in [-0.05, 0) is 26.7 Å². The van der Waals surface area contributed by atoms with Gasteiger partial charge in [0.15, 0.2) is 0 Å². The molecule has 1 fully saturated rings. The van der Waals surface area contributed by atoms with E-state index in [1.54, 1.807) is 6.92 Å². The van der Waals surface area contributed by atoms with Crippen LogP contribution in [-0.4, -0.2) is 30.4 Å². The van der Waals surface area contributed by atoms with E-state index in [0.717, 1.165) is 12.8 Å². The Morgan fingerprint density at radius 1 is 1.75 bits per heavy atom. The van der Waals surface area contributed by atoms with Crippen molar-refractivity contribution in [2.75, 3.05) is 13.2 Å². The minimum atomic E-state index is -0.371. The zero-order chi connectivity index (χ0) is 8.97. The van der Waals surface area contributed by atoms with Gasteiger partial charge in [-0.25, -0.2) is 4.79 Å². The van der Waals surface area contributed by atoms with Gasteiger partial charge >= 0.3 is 6.09 Å². The summed E-state index contributed by atoms with van der Waals surface area (Å²) in [7, 11) is 0. The first-order chi connectivity index (χ1) is 5.74. The standard InChI is InChI=1S/C8H15NO3/c1-3-11-8(10)9-6-4-5-7(2)12-9/h7H,3-6H2,1-2H3. The fourth-order valence-corrected chi connectivity index (χ4v) is 1.17. The second-order valence-corrected chi connectivity index (χ2v) is 2.86. The monoisotopic (exact) mass is 173 g/mol. The minimum absolute atomic E-state index is 0.128. The third kappa shape index (κ3) is 2.37. The summed E-state index contributed by atoms with van der Waals surface area (Å²) < 4.78 is 4.79. The largest absolute Gasteiger partial charge is 0.448 e. The molecule has 4 heteroatoms. The van der Waals surface area contributed by atoms with E-state index in [-0.39, 0.29) is 12.2 Å². The fourth-order valence-electron chi connectivity index (χ4n) is 1.17. The molecular weight excluding hydrogens is 158 g/mol. The van der Waals surface area contributed by atoms with Gasteiger partial charge in [-0.2, -0.15) is 5.06 Å². The highest BCUT2D eigenvalue weighted by atomic mass is 16.7. The predicted octanol–water partition coefficient (Wildman–Crippen LogP) is 1.56. The van der Waals surface area contributed by atoms with E-state index in [0.29, 0.717) is 13.2 Å². The van der Waals surface area contributed by atoms with E-state index in [2.05, 4.69) is 0 Å². The first kappa shape index (κ1) is 9.32. The van der Waals surface area contributed by atoms with Crippen LogP contribution in [0.5, 0.6) is 0 Å². The van der Waals surface area contributed by atoms with Crippen LogP contribution in [0.15, 0.2) is 0 Å². The van der Waals surface area contributed by atoms with Gasteiger partial charge in [0.05, 0.1) is 19.3 Å². The molecule has 1 aliphatic rings. The second-order valence-electron chi connectivity index (χ2n) is 2.86. The lowest BCUT2D eigenvalue weighted by Gasteiger charge is -2.29. The first-order valence-corrected chi connectivity index (χ1v) is 4.35. The molecule has 12 heavy (non-hydrogen) atoms. The molecule has 4 nitrogen and oxygen atoms in total. The molecule has 1 heterocycles. The smallest absolute Gasteiger partial charge is 0.433 e. The number of carbonyl (C=O) groups excluding carboxylic acids is 1. The zero-order valence-corrected chi connectivity index (χ0v) is 7.58. The number of hydroxylamine groups is 2. The van der Waals surface area contributed by atoms with Crippen molar-refractivity contribution in [2.45, 2.75) is 32.8 Å². The Morgan fingerprint density at radius 2 is 2.50 bits per heavy atom. The van der Waals surface area contributed by atoms with Crippen molar-refractivity contribution in [1.29, 1.82) is 0 Å². The molecular formula is C8H15NO3. The molecule has 1 saturated heterocycles. The highest BCUT2D eigenvalue weighted by Crippen LogP contribution is 2.13. The zero-order valence-electron chi connectivity index (χ0n) is 7.58. The van der Waals surface area contributed by atoms with Crippen LogP contribution < -0.4 is 0 Å². The summed E-state index contributed by atoms with van der Waals surface area (Å²) in [6.45, 7) is 4.77. The van der Waals surface area contributed by atoms with Crippen molar-refractivity contribution < 1.29 is 14.4 Å². The number of ether oxygens (including phenoxy) is 1. The number of amides is 1. The number of carbonyl (C=O) groups is 1. The summed E-state index contributed by atoms with van der Waals surface area (Å²) in [4.78, 5) is 16.4. The van der Waals surface area contributed by atoms with Crippen LogP contribution in [0.1, 0.15) is 26.7 Å². The lowest BCUT2D eigenvalue weighted by Crippen LogP contribution is -2.39. The van der Waals surface area contributed by atoms with Crippen LogP contribution in [-0.2, 0) is 9.57 Å². The SMILES string of the molecule is CCOC(=O)N1CCCC(C)O1. The maximum absolute atomic E-state index is 11.1. The lowest BCUT2D eigenvalue weighted by molar-refractivity contribution is -0.191. The van der Waals surface area contributed by atoms with Crippen LogP contribution in [0.25, 0.3) is 0 Å².